The zero-order valence-corrected chi connectivity index (χ0v) is 14.3. The molecule has 5 nitrogen and oxygen atoms in total. The van der Waals surface area contributed by atoms with Gasteiger partial charge in [-0.25, -0.2) is 4.79 Å². The Morgan fingerprint density at radius 1 is 1.50 bits per heavy atom. The molecule has 1 saturated heterocycles. The number of ether oxygens (including phenoxy) is 1. The molecule has 122 valence electrons. The highest BCUT2D eigenvalue weighted by molar-refractivity contribution is 7.84. The van der Waals surface area contributed by atoms with Gasteiger partial charge in [0.1, 0.15) is 5.60 Å². The summed E-state index contributed by atoms with van der Waals surface area (Å²) < 4.78 is 17.6. The molecule has 22 heavy (non-hydrogen) atoms. The van der Waals surface area contributed by atoms with Gasteiger partial charge in [0, 0.05) is 42.0 Å². The second-order valence-corrected chi connectivity index (χ2v) is 8.19. The maximum absolute atomic E-state index is 12.2. The molecule has 0 radical (unpaired) electrons. The van der Waals surface area contributed by atoms with Gasteiger partial charge in [-0.15, -0.1) is 0 Å². The van der Waals surface area contributed by atoms with Gasteiger partial charge in [-0.1, -0.05) is 6.07 Å². The normalized spacial score (nSPS) is 20.0. The quantitative estimate of drug-likeness (QED) is 0.854. The molecule has 0 aromatic carbocycles. The zero-order chi connectivity index (χ0) is 16.2. The summed E-state index contributed by atoms with van der Waals surface area (Å²) >= 11 is 0. The first kappa shape index (κ1) is 16.9. The van der Waals surface area contributed by atoms with Crippen molar-refractivity contribution in [2.24, 2.45) is 5.92 Å². The van der Waals surface area contributed by atoms with E-state index in [2.05, 4.69) is 4.98 Å². The number of pyridine rings is 1. The Morgan fingerprint density at radius 2 is 2.27 bits per heavy atom. The number of aromatic nitrogens is 1. The number of likely N-dealkylation sites (tertiary alicyclic amines) is 1. The molecule has 1 amide bonds. The topological polar surface area (TPSA) is 59.5 Å². The van der Waals surface area contributed by atoms with E-state index in [9.17, 15) is 9.00 Å². The molecule has 0 saturated carbocycles. The van der Waals surface area contributed by atoms with Crippen LogP contribution in [0.2, 0.25) is 0 Å². The molecule has 2 atom stereocenters. The molecular weight excluding hydrogens is 300 g/mol. The van der Waals surface area contributed by atoms with Crippen molar-refractivity contribution in [1.29, 1.82) is 0 Å². The number of carbonyl (C=O) groups excluding carboxylic acids is 1. The minimum Gasteiger partial charge on any atom is -0.444 e. The van der Waals surface area contributed by atoms with E-state index >= 15 is 0 Å². The third kappa shape index (κ3) is 5.40. The number of rotatable bonds is 4. The molecule has 0 unspecified atom stereocenters. The maximum Gasteiger partial charge on any atom is 0.410 e. The lowest BCUT2D eigenvalue weighted by Crippen LogP contribution is -2.35. The van der Waals surface area contributed by atoms with Crippen molar-refractivity contribution in [3.05, 3.63) is 30.1 Å². The van der Waals surface area contributed by atoms with E-state index in [1.54, 1.807) is 17.3 Å². The van der Waals surface area contributed by atoms with Crippen LogP contribution in [0, 0.1) is 5.92 Å². The SMILES string of the molecule is CC(C)(C)OC(=O)N1CC[C@H](C[S@@](=O)Cc2cccnc2)C1. The minimum atomic E-state index is -0.927. The molecule has 1 fully saturated rings. The van der Waals surface area contributed by atoms with Gasteiger partial charge in [0.2, 0.25) is 0 Å². The van der Waals surface area contributed by atoms with Gasteiger partial charge in [0.25, 0.3) is 0 Å². The first-order valence-corrected chi connectivity index (χ1v) is 9.04. The van der Waals surface area contributed by atoms with Crippen LogP contribution in [0.25, 0.3) is 0 Å². The molecule has 1 aromatic rings. The molecular formula is C16H24N2O3S. The lowest BCUT2D eigenvalue weighted by molar-refractivity contribution is 0.0289. The van der Waals surface area contributed by atoms with E-state index in [0.29, 0.717) is 24.6 Å². The summed E-state index contributed by atoms with van der Waals surface area (Å²) in [4.78, 5) is 17.8. The fraction of sp³-hybridized carbons (Fsp3) is 0.625. The first-order valence-electron chi connectivity index (χ1n) is 7.55. The molecule has 6 heteroatoms. The Hall–Kier alpha value is -1.43. The van der Waals surface area contributed by atoms with Crippen molar-refractivity contribution in [2.75, 3.05) is 18.8 Å². The predicted octanol–water partition coefficient (Wildman–Crippen LogP) is 2.59. The van der Waals surface area contributed by atoms with Gasteiger partial charge in [-0.05, 0) is 44.7 Å². The lowest BCUT2D eigenvalue weighted by atomic mass is 10.2. The average molecular weight is 324 g/mol. The highest BCUT2D eigenvalue weighted by atomic mass is 32.2. The minimum absolute atomic E-state index is 0.270. The fourth-order valence-electron chi connectivity index (χ4n) is 2.45. The molecule has 0 aliphatic carbocycles. The molecule has 0 spiro atoms. The monoisotopic (exact) mass is 324 g/mol. The molecule has 1 aromatic heterocycles. The number of nitrogens with zero attached hydrogens (tertiary/aromatic N) is 2. The van der Waals surface area contributed by atoms with Crippen LogP contribution in [0.4, 0.5) is 4.79 Å². The Labute approximate surface area is 134 Å². The third-order valence-corrected chi connectivity index (χ3v) is 4.91. The lowest BCUT2D eigenvalue weighted by Gasteiger charge is -2.24. The third-order valence-electron chi connectivity index (χ3n) is 3.41. The van der Waals surface area contributed by atoms with Crippen molar-refractivity contribution in [1.82, 2.24) is 9.88 Å². The van der Waals surface area contributed by atoms with E-state index in [1.165, 1.54) is 0 Å². The molecule has 2 rings (SSSR count). The second-order valence-electron chi connectivity index (χ2n) is 6.69. The van der Waals surface area contributed by atoms with Crippen molar-refractivity contribution in [3.8, 4) is 0 Å². The van der Waals surface area contributed by atoms with Gasteiger partial charge < -0.3 is 9.64 Å². The summed E-state index contributed by atoms with van der Waals surface area (Å²) in [6, 6.07) is 3.79. The van der Waals surface area contributed by atoms with Gasteiger partial charge in [-0.2, -0.15) is 0 Å². The van der Waals surface area contributed by atoms with E-state index in [1.807, 2.05) is 32.9 Å². The Kier molecular flexibility index (Phi) is 5.56. The fourth-order valence-corrected chi connectivity index (χ4v) is 3.91. The molecule has 1 aliphatic rings. The largest absolute Gasteiger partial charge is 0.444 e. The maximum atomic E-state index is 12.2. The number of hydrogen-bond donors (Lipinski definition) is 0. The summed E-state index contributed by atoms with van der Waals surface area (Å²) in [5.74, 6) is 1.43. The van der Waals surface area contributed by atoms with Gasteiger partial charge in [0.15, 0.2) is 0 Å². The summed E-state index contributed by atoms with van der Waals surface area (Å²) in [6.07, 6.45) is 4.08. The van der Waals surface area contributed by atoms with E-state index < -0.39 is 16.4 Å². The van der Waals surface area contributed by atoms with Crippen LogP contribution in [-0.2, 0) is 21.3 Å². The van der Waals surface area contributed by atoms with Crippen molar-refractivity contribution >= 4 is 16.9 Å². The van der Waals surface area contributed by atoms with Crippen LogP contribution in [0.3, 0.4) is 0 Å². The Bertz CT molecular complexity index is 528. The van der Waals surface area contributed by atoms with Gasteiger partial charge >= 0.3 is 6.09 Å². The standard InChI is InChI=1S/C16H24N2O3S/c1-16(2,3)21-15(19)18-8-6-14(10-18)12-22(20)11-13-5-4-7-17-9-13/h4-5,7,9,14H,6,8,10-12H2,1-3H3/t14-,22-/m0/s1. The Balaban J connectivity index is 1.79. The van der Waals surface area contributed by atoms with Crippen LogP contribution in [0.1, 0.15) is 32.8 Å². The van der Waals surface area contributed by atoms with Crippen molar-refractivity contribution in [3.63, 3.8) is 0 Å². The van der Waals surface area contributed by atoms with Crippen molar-refractivity contribution < 1.29 is 13.7 Å². The van der Waals surface area contributed by atoms with E-state index in [4.69, 9.17) is 4.74 Å². The summed E-state index contributed by atoms with van der Waals surface area (Å²) in [7, 11) is -0.927. The highest BCUT2D eigenvalue weighted by Crippen LogP contribution is 2.21. The van der Waals surface area contributed by atoms with Gasteiger partial charge in [-0.3, -0.25) is 9.19 Å². The highest BCUT2D eigenvalue weighted by Gasteiger charge is 2.30. The summed E-state index contributed by atoms with van der Waals surface area (Å²) in [6.45, 7) is 6.90. The zero-order valence-electron chi connectivity index (χ0n) is 13.4. The number of amides is 1. The van der Waals surface area contributed by atoms with Crippen LogP contribution in [-0.4, -0.2) is 44.6 Å². The van der Waals surface area contributed by atoms with Crippen LogP contribution < -0.4 is 0 Å². The molecule has 1 aliphatic heterocycles. The number of hydrogen-bond acceptors (Lipinski definition) is 4. The average Bonchev–Trinajstić information content (AvgIpc) is 2.86. The second kappa shape index (κ2) is 7.22. The van der Waals surface area contributed by atoms with Crippen LogP contribution >= 0.6 is 0 Å². The predicted molar refractivity (Wildman–Crippen MR) is 86.9 cm³/mol. The van der Waals surface area contributed by atoms with E-state index in [-0.39, 0.29) is 12.0 Å². The van der Waals surface area contributed by atoms with Gasteiger partial charge in [0.05, 0.1) is 5.75 Å². The molecule has 0 N–H and O–H groups in total. The summed E-state index contributed by atoms with van der Waals surface area (Å²) in [5, 5.41) is 0. The van der Waals surface area contributed by atoms with E-state index in [0.717, 1.165) is 12.0 Å². The smallest absolute Gasteiger partial charge is 0.410 e. The molecule has 2 heterocycles. The Morgan fingerprint density at radius 3 is 2.91 bits per heavy atom. The van der Waals surface area contributed by atoms with Crippen molar-refractivity contribution in [2.45, 2.75) is 38.5 Å². The number of carbonyl (C=O) groups is 1. The van der Waals surface area contributed by atoms with Crippen LogP contribution in [0.15, 0.2) is 24.5 Å². The first-order chi connectivity index (χ1) is 10.3. The molecule has 0 bridgehead atoms. The van der Waals surface area contributed by atoms with Crippen LogP contribution in [0.5, 0.6) is 0 Å². The summed E-state index contributed by atoms with van der Waals surface area (Å²) in [5.41, 5.74) is 0.515.